The van der Waals surface area contributed by atoms with Gasteiger partial charge in [0.1, 0.15) is 12.2 Å². The van der Waals surface area contributed by atoms with E-state index in [1.165, 1.54) is 5.56 Å². The number of aromatic nitrogens is 5. The number of rotatable bonds is 5. The molecule has 3 aromatic heterocycles. The second-order valence-electron chi connectivity index (χ2n) is 8.41. The second kappa shape index (κ2) is 8.38. The summed E-state index contributed by atoms with van der Waals surface area (Å²) in [7, 11) is 0. The lowest BCUT2D eigenvalue weighted by Gasteiger charge is -2.27. The maximum atomic E-state index is 5.56. The molecule has 8 nitrogen and oxygen atoms in total. The highest BCUT2D eigenvalue weighted by molar-refractivity contribution is 5.82. The van der Waals surface area contributed by atoms with Gasteiger partial charge in [0, 0.05) is 62.2 Å². The molecule has 0 bridgehead atoms. The number of pyridine rings is 1. The number of H-pyrrole nitrogens is 1. The molecule has 1 fully saturated rings. The van der Waals surface area contributed by atoms with Crippen molar-refractivity contribution in [2.24, 2.45) is 0 Å². The van der Waals surface area contributed by atoms with E-state index < -0.39 is 0 Å². The van der Waals surface area contributed by atoms with Gasteiger partial charge in [-0.15, -0.1) is 0 Å². The van der Waals surface area contributed by atoms with Crippen LogP contribution in [-0.4, -0.2) is 56.0 Å². The predicted molar refractivity (Wildman–Crippen MR) is 121 cm³/mol. The lowest BCUT2D eigenvalue weighted by atomic mass is 10.1. The molecule has 5 heterocycles. The zero-order valence-corrected chi connectivity index (χ0v) is 17.8. The first-order valence-corrected chi connectivity index (χ1v) is 11.1. The summed E-state index contributed by atoms with van der Waals surface area (Å²) in [6.45, 7) is 6.38. The quantitative estimate of drug-likeness (QED) is 0.505. The van der Waals surface area contributed by atoms with Crippen LogP contribution in [0.25, 0.3) is 22.3 Å². The number of aromatic amines is 1. The van der Waals surface area contributed by atoms with E-state index in [0.717, 1.165) is 77.8 Å². The van der Waals surface area contributed by atoms with Gasteiger partial charge in [-0.1, -0.05) is 6.07 Å². The Bertz CT molecular complexity index is 1260. The average molecular weight is 428 g/mol. The first-order chi connectivity index (χ1) is 15.8. The number of hydrogen-bond acceptors (Lipinski definition) is 7. The van der Waals surface area contributed by atoms with E-state index in [-0.39, 0.29) is 0 Å². The fourth-order valence-corrected chi connectivity index (χ4v) is 4.54. The summed E-state index contributed by atoms with van der Waals surface area (Å²) >= 11 is 0. The molecular weight excluding hydrogens is 402 g/mol. The molecule has 1 saturated heterocycles. The zero-order valence-electron chi connectivity index (χ0n) is 17.8. The Morgan fingerprint density at radius 1 is 1.00 bits per heavy atom. The summed E-state index contributed by atoms with van der Waals surface area (Å²) < 4.78 is 5.56. The van der Waals surface area contributed by atoms with Crippen LogP contribution in [0.5, 0.6) is 0 Å². The highest BCUT2D eigenvalue weighted by Gasteiger charge is 2.19. The number of ether oxygens (including phenoxy) is 1. The van der Waals surface area contributed by atoms with Crippen LogP contribution in [0.3, 0.4) is 0 Å². The Kier molecular flexibility index (Phi) is 5.10. The second-order valence-corrected chi connectivity index (χ2v) is 8.41. The first kappa shape index (κ1) is 19.5. The van der Waals surface area contributed by atoms with Crippen LogP contribution in [0.1, 0.15) is 28.3 Å². The molecule has 0 radical (unpaired) electrons. The maximum Gasteiger partial charge on any atom is 0.116 e. The highest BCUT2D eigenvalue weighted by atomic mass is 16.5. The minimum atomic E-state index is 0.558. The Hall–Kier alpha value is -3.20. The molecule has 0 saturated carbocycles. The van der Waals surface area contributed by atoms with Gasteiger partial charge in [-0.05, 0) is 29.8 Å². The largest absolute Gasteiger partial charge is 0.370 e. The van der Waals surface area contributed by atoms with Crippen molar-refractivity contribution in [2.75, 3.05) is 26.2 Å². The van der Waals surface area contributed by atoms with Crippen molar-refractivity contribution < 1.29 is 4.74 Å². The first-order valence-electron chi connectivity index (χ1n) is 11.1. The number of benzene rings is 1. The molecule has 6 rings (SSSR count). The van der Waals surface area contributed by atoms with Crippen molar-refractivity contribution in [1.29, 1.82) is 0 Å². The van der Waals surface area contributed by atoms with Crippen LogP contribution in [0.2, 0.25) is 0 Å². The zero-order chi connectivity index (χ0) is 21.3. The molecule has 0 aliphatic carbocycles. The van der Waals surface area contributed by atoms with Crippen LogP contribution >= 0.6 is 0 Å². The van der Waals surface area contributed by atoms with Crippen LogP contribution in [0, 0.1) is 0 Å². The van der Waals surface area contributed by atoms with Crippen LogP contribution in [0.15, 0.2) is 42.9 Å². The molecule has 0 unspecified atom stereocenters. The number of piperazine rings is 1. The van der Waals surface area contributed by atoms with Gasteiger partial charge in [0.25, 0.3) is 0 Å². The number of nitrogens with one attached hydrogen (secondary N) is 2. The smallest absolute Gasteiger partial charge is 0.116 e. The van der Waals surface area contributed by atoms with Gasteiger partial charge in [-0.3, -0.25) is 9.88 Å². The van der Waals surface area contributed by atoms with Crippen molar-refractivity contribution in [3.63, 3.8) is 0 Å². The molecule has 0 spiro atoms. The van der Waals surface area contributed by atoms with Crippen LogP contribution in [0.4, 0.5) is 0 Å². The molecule has 0 amide bonds. The summed E-state index contributed by atoms with van der Waals surface area (Å²) in [6, 6.07) is 10.5. The van der Waals surface area contributed by atoms with Gasteiger partial charge in [-0.25, -0.2) is 15.0 Å². The summed E-state index contributed by atoms with van der Waals surface area (Å²) in [4.78, 5) is 24.2. The third-order valence-corrected chi connectivity index (χ3v) is 6.17. The lowest BCUT2D eigenvalue weighted by Crippen LogP contribution is -2.42. The number of nitrogens with zero attached hydrogens (tertiary/aromatic N) is 5. The summed E-state index contributed by atoms with van der Waals surface area (Å²) in [5.41, 5.74) is 8.33. The van der Waals surface area contributed by atoms with E-state index in [1.54, 1.807) is 6.33 Å². The SMILES string of the molecule is c1cc(CN2CCNCC2)cc(Cc2nc3ccc(-c4ncnc5c4COC5)cc3[nH]2)n1. The van der Waals surface area contributed by atoms with Crippen LogP contribution < -0.4 is 5.32 Å². The molecule has 1 aromatic carbocycles. The van der Waals surface area contributed by atoms with E-state index in [0.29, 0.717) is 19.6 Å². The highest BCUT2D eigenvalue weighted by Crippen LogP contribution is 2.29. The fourth-order valence-electron chi connectivity index (χ4n) is 4.54. The molecular formula is C24H25N7O. The minimum absolute atomic E-state index is 0.558. The molecule has 2 aliphatic rings. The molecule has 4 aromatic rings. The van der Waals surface area contributed by atoms with E-state index in [2.05, 4.69) is 54.4 Å². The van der Waals surface area contributed by atoms with Crippen molar-refractivity contribution >= 4 is 11.0 Å². The van der Waals surface area contributed by atoms with E-state index in [1.807, 2.05) is 12.3 Å². The van der Waals surface area contributed by atoms with Gasteiger partial charge >= 0.3 is 0 Å². The molecule has 2 N–H and O–H groups in total. The van der Waals surface area contributed by atoms with E-state index >= 15 is 0 Å². The number of hydrogen-bond donors (Lipinski definition) is 2. The molecule has 162 valence electrons. The van der Waals surface area contributed by atoms with Gasteiger partial charge in [-0.2, -0.15) is 0 Å². The van der Waals surface area contributed by atoms with Gasteiger partial charge in [0.15, 0.2) is 0 Å². The van der Waals surface area contributed by atoms with Crippen molar-refractivity contribution in [1.82, 2.24) is 35.1 Å². The topological polar surface area (TPSA) is 91.9 Å². The summed E-state index contributed by atoms with van der Waals surface area (Å²) in [5, 5.41) is 3.40. The minimum Gasteiger partial charge on any atom is -0.370 e. The van der Waals surface area contributed by atoms with Gasteiger partial charge in [0.05, 0.1) is 35.6 Å². The third-order valence-electron chi connectivity index (χ3n) is 6.17. The summed E-state index contributed by atoms with van der Waals surface area (Å²) in [5.74, 6) is 0.917. The third kappa shape index (κ3) is 3.88. The fraction of sp³-hybridized carbons (Fsp3) is 0.333. The standard InChI is InChI=1S/C24H25N7O/c1-2-20-21(10-17(1)24-19-13-32-14-22(19)27-15-28-24)30-23(29-20)11-18-9-16(3-4-26-18)12-31-7-5-25-6-8-31/h1-4,9-10,15,25H,5-8,11-14H2,(H,29,30). The Morgan fingerprint density at radius 2 is 1.94 bits per heavy atom. The average Bonchev–Trinajstić information content (AvgIpc) is 3.46. The molecule has 8 heteroatoms. The van der Waals surface area contributed by atoms with Crippen molar-refractivity contribution in [3.8, 4) is 11.3 Å². The van der Waals surface area contributed by atoms with E-state index in [4.69, 9.17) is 9.72 Å². The Labute approximate surface area is 186 Å². The maximum absolute atomic E-state index is 5.56. The van der Waals surface area contributed by atoms with Gasteiger partial charge < -0.3 is 15.0 Å². The number of imidazole rings is 1. The van der Waals surface area contributed by atoms with Gasteiger partial charge in [0.2, 0.25) is 0 Å². The monoisotopic (exact) mass is 427 g/mol. The summed E-state index contributed by atoms with van der Waals surface area (Å²) in [6.07, 6.45) is 4.20. The molecule has 32 heavy (non-hydrogen) atoms. The molecule has 2 aliphatic heterocycles. The lowest BCUT2D eigenvalue weighted by molar-refractivity contribution is 0.133. The Morgan fingerprint density at radius 3 is 2.88 bits per heavy atom. The normalized spacial score (nSPS) is 16.5. The van der Waals surface area contributed by atoms with Crippen LogP contribution in [-0.2, 0) is 30.9 Å². The Balaban J connectivity index is 1.23. The van der Waals surface area contributed by atoms with E-state index in [9.17, 15) is 0 Å². The predicted octanol–water partition coefficient (Wildman–Crippen LogP) is 2.44. The van der Waals surface area contributed by atoms with Crippen molar-refractivity contribution in [3.05, 3.63) is 71.2 Å². The molecule has 0 atom stereocenters. The number of fused-ring (bicyclic) bond motifs is 2. The van der Waals surface area contributed by atoms with Crippen molar-refractivity contribution in [2.45, 2.75) is 26.2 Å².